The van der Waals surface area contributed by atoms with Crippen LogP contribution >= 0.6 is 0 Å². The standard InChI is InChI=1S/C16H29N3O/c1-6-19(5)15-9-7-14(8-10-15)13(2)17-11-16(20)12-18(3)4/h7-10,13,16-17,20H,6,11-12H2,1-5H3. The average molecular weight is 279 g/mol. The fourth-order valence-electron chi connectivity index (χ4n) is 2.12. The van der Waals surface area contributed by atoms with Crippen molar-refractivity contribution < 1.29 is 5.11 Å². The molecule has 4 nitrogen and oxygen atoms in total. The number of benzene rings is 1. The van der Waals surface area contributed by atoms with E-state index in [1.165, 1.54) is 11.3 Å². The molecule has 114 valence electrons. The van der Waals surface area contributed by atoms with E-state index in [9.17, 15) is 5.11 Å². The summed E-state index contributed by atoms with van der Waals surface area (Å²) in [5.74, 6) is 0. The lowest BCUT2D eigenvalue weighted by atomic mass is 10.1. The minimum absolute atomic E-state index is 0.243. The van der Waals surface area contributed by atoms with Crippen LogP contribution in [0.4, 0.5) is 5.69 Å². The maximum absolute atomic E-state index is 9.85. The molecule has 2 N–H and O–H groups in total. The number of rotatable bonds is 8. The summed E-state index contributed by atoms with van der Waals surface area (Å²) in [7, 11) is 6.03. The van der Waals surface area contributed by atoms with Gasteiger partial charge >= 0.3 is 0 Å². The van der Waals surface area contributed by atoms with Crippen molar-refractivity contribution in [3.63, 3.8) is 0 Å². The van der Waals surface area contributed by atoms with Crippen molar-refractivity contribution in [3.8, 4) is 0 Å². The van der Waals surface area contributed by atoms with Crippen LogP contribution in [-0.4, -0.2) is 56.9 Å². The van der Waals surface area contributed by atoms with E-state index in [1.807, 2.05) is 19.0 Å². The Morgan fingerprint density at radius 3 is 2.25 bits per heavy atom. The van der Waals surface area contributed by atoms with Crippen molar-refractivity contribution in [2.75, 3.05) is 45.7 Å². The monoisotopic (exact) mass is 279 g/mol. The zero-order chi connectivity index (χ0) is 15.1. The van der Waals surface area contributed by atoms with Gasteiger partial charge in [0, 0.05) is 38.4 Å². The number of anilines is 1. The summed E-state index contributed by atoms with van der Waals surface area (Å²) in [5.41, 5.74) is 2.48. The second kappa shape index (κ2) is 8.25. The summed E-state index contributed by atoms with van der Waals surface area (Å²) in [6.45, 7) is 6.56. The second-order valence-corrected chi connectivity index (χ2v) is 5.65. The van der Waals surface area contributed by atoms with Gasteiger partial charge in [-0.05, 0) is 45.6 Å². The first-order valence-corrected chi connectivity index (χ1v) is 7.31. The lowest BCUT2D eigenvalue weighted by Crippen LogP contribution is -2.36. The molecule has 2 atom stereocenters. The summed E-state index contributed by atoms with van der Waals surface area (Å²) in [5, 5.41) is 13.2. The molecule has 0 bridgehead atoms. The highest BCUT2D eigenvalue weighted by atomic mass is 16.3. The lowest BCUT2D eigenvalue weighted by molar-refractivity contribution is 0.132. The lowest BCUT2D eigenvalue weighted by Gasteiger charge is -2.21. The second-order valence-electron chi connectivity index (χ2n) is 5.65. The first-order valence-electron chi connectivity index (χ1n) is 7.31. The van der Waals surface area contributed by atoms with Crippen LogP contribution in [0.1, 0.15) is 25.5 Å². The molecule has 0 aliphatic heterocycles. The maximum atomic E-state index is 9.85. The van der Waals surface area contributed by atoms with E-state index in [0.29, 0.717) is 13.1 Å². The number of aliphatic hydroxyl groups excluding tert-OH is 1. The summed E-state index contributed by atoms with van der Waals surface area (Å²) >= 11 is 0. The Hall–Kier alpha value is -1.10. The Kier molecular flexibility index (Phi) is 6.99. The average Bonchev–Trinajstić information content (AvgIpc) is 2.43. The van der Waals surface area contributed by atoms with Crippen LogP contribution in [-0.2, 0) is 0 Å². The number of nitrogens with zero attached hydrogens (tertiary/aromatic N) is 2. The minimum atomic E-state index is -0.335. The molecule has 1 aromatic carbocycles. The van der Waals surface area contributed by atoms with E-state index in [4.69, 9.17) is 0 Å². The number of nitrogens with one attached hydrogen (secondary N) is 1. The molecule has 0 spiro atoms. The van der Waals surface area contributed by atoms with Crippen LogP contribution < -0.4 is 10.2 Å². The van der Waals surface area contributed by atoms with Crippen LogP contribution in [0.15, 0.2) is 24.3 Å². The number of hydrogen-bond acceptors (Lipinski definition) is 4. The quantitative estimate of drug-likeness (QED) is 0.760. The fraction of sp³-hybridized carbons (Fsp3) is 0.625. The highest BCUT2D eigenvalue weighted by molar-refractivity contribution is 5.47. The molecule has 1 aromatic rings. The predicted octanol–water partition coefficient (Wildman–Crippen LogP) is 1.72. The van der Waals surface area contributed by atoms with Gasteiger partial charge in [-0.15, -0.1) is 0 Å². The Balaban J connectivity index is 2.49. The van der Waals surface area contributed by atoms with Gasteiger partial charge in [-0.25, -0.2) is 0 Å². The SMILES string of the molecule is CCN(C)c1ccc(C(C)NCC(O)CN(C)C)cc1. The molecule has 0 aliphatic rings. The van der Waals surface area contributed by atoms with E-state index >= 15 is 0 Å². The van der Waals surface area contributed by atoms with Gasteiger partial charge in [-0.3, -0.25) is 0 Å². The first-order chi connectivity index (χ1) is 9.43. The summed E-state index contributed by atoms with van der Waals surface area (Å²) in [6.07, 6.45) is -0.335. The zero-order valence-electron chi connectivity index (χ0n) is 13.4. The molecule has 0 saturated carbocycles. The Bertz CT molecular complexity index is 378. The molecule has 0 heterocycles. The minimum Gasteiger partial charge on any atom is -0.390 e. The van der Waals surface area contributed by atoms with E-state index in [1.54, 1.807) is 0 Å². The third-order valence-corrected chi connectivity index (χ3v) is 3.54. The zero-order valence-corrected chi connectivity index (χ0v) is 13.4. The van der Waals surface area contributed by atoms with Gasteiger partial charge in [-0.1, -0.05) is 12.1 Å². The van der Waals surface area contributed by atoms with Crippen LogP contribution in [0.2, 0.25) is 0 Å². The van der Waals surface area contributed by atoms with E-state index < -0.39 is 0 Å². The number of aliphatic hydroxyl groups is 1. The normalized spacial score (nSPS) is 14.3. The molecule has 0 fully saturated rings. The van der Waals surface area contributed by atoms with Crippen molar-refractivity contribution in [1.29, 1.82) is 0 Å². The topological polar surface area (TPSA) is 38.7 Å². The van der Waals surface area contributed by atoms with Gasteiger partial charge < -0.3 is 20.2 Å². The van der Waals surface area contributed by atoms with Crippen molar-refractivity contribution in [2.45, 2.75) is 26.0 Å². The molecule has 1 rings (SSSR count). The van der Waals surface area contributed by atoms with E-state index in [-0.39, 0.29) is 12.1 Å². The third kappa shape index (κ3) is 5.49. The van der Waals surface area contributed by atoms with E-state index in [0.717, 1.165) is 6.54 Å². The van der Waals surface area contributed by atoms with Crippen LogP contribution in [0.5, 0.6) is 0 Å². The molecular weight excluding hydrogens is 250 g/mol. The van der Waals surface area contributed by atoms with Gasteiger partial charge in [0.25, 0.3) is 0 Å². The van der Waals surface area contributed by atoms with Crippen LogP contribution in [0.3, 0.4) is 0 Å². The Morgan fingerprint density at radius 1 is 1.15 bits per heavy atom. The number of likely N-dealkylation sites (N-methyl/N-ethyl adjacent to an activating group) is 1. The molecule has 0 saturated heterocycles. The van der Waals surface area contributed by atoms with Crippen molar-refractivity contribution in [1.82, 2.24) is 10.2 Å². The maximum Gasteiger partial charge on any atom is 0.0791 e. The van der Waals surface area contributed by atoms with Gasteiger partial charge in [0.2, 0.25) is 0 Å². The van der Waals surface area contributed by atoms with Gasteiger partial charge in [0.15, 0.2) is 0 Å². The first kappa shape index (κ1) is 17.0. The summed E-state index contributed by atoms with van der Waals surface area (Å²) in [4.78, 5) is 4.20. The van der Waals surface area contributed by atoms with E-state index in [2.05, 4.69) is 55.4 Å². The number of hydrogen-bond donors (Lipinski definition) is 2. The van der Waals surface area contributed by atoms with Crippen LogP contribution in [0, 0.1) is 0 Å². The van der Waals surface area contributed by atoms with Gasteiger partial charge in [-0.2, -0.15) is 0 Å². The highest BCUT2D eigenvalue weighted by Crippen LogP contribution is 2.18. The summed E-state index contributed by atoms with van der Waals surface area (Å²) < 4.78 is 0. The molecule has 0 aliphatic carbocycles. The fourth-order valence-corrected chi connectivity index (χ4v) is 2.12. The molecule has 4 heteroatoms. The molecule has 20 heavy (non-hydrogen) atoms. The molecule has 2 unspecified atom stereocenters. The smallest absolute Gasteiger partial charge is 0.0791 e. The summed E-state index contributed by atoms with van der Waals surface area (Å²) in [6, 6.07) is 8.84. The Labute approximate surface area is 123 Å². The largest absolute Gasteiger partial charge is 0.390 e. The molecular formula is C16H29N3O. The predicted molar refractivity (Wildman–Crippen MR) is 86.4 cm³/mol. The van der Waals surface area contributed by atoms with Crippen LogP contribution in [0.25, 0.3) is 0 Å². The van der Waals surface area contributed by atoms with Gasteiger partial charge in [0.05, 0.1) is 6.10 Å². The highest BCUT2D eigenvalue weighted by Gasteiger charge is 2.09. The molecule has 0 amide bonds. The van der Waals surface area contributed by atoms with Gasteiger partial charge in [0.1, 0.15) is 0 Å². The third-order valence-electron chi connectivity index (χ3n) is 3.54. The van der Waals surface area contributed by atoms with Crippen molar-refractivity contribution in [3.05, 3.63) is 29.8 Å². The molecule has 0 aromatic heterocycles. The van der Waals surface area contributed by atoms with Crippen molar-refractivity contribution in [2.24, 2.45) is 0 Å². The van der Waals surface area contributed by atoms with Crippen molar-refractivity contribution >= 4 is 5.69 Å². The molecule has 0 radical (unpaired) electrons. The Morgan fingerprint density at radius 2 is 1.75 bits per heavy atom.